The Morgan fingerprint density at radius 1 is 1.32 bits per heavy atom. The van der Waals surface area contributed by atoms with E-state index >= 15 is 0 Å². The number of methoxy groups -OCH3 is 1. The van der Waals surface area contributed by atoms with Gasteiger partial charge in [-0.3, -0.25) is 9.59 Å². The Balaban J connectivity index is 2.53. The molecule has 0 spiro atoms. The number of hydrogen-bond donors (Lipinski definition) is 1. The zero-order valence-electron chi connectivity index (χ0n) is 14.1. The fraction of sp³-hybridized carbons (Fsp3) is 0.412. The summed E-state index contributed by atoms with van der Waals surface area (Å²) in [5, 5.41) is 2.78. The molecule has 0 unspecified atom stereocenters. The van der Waals surface area contributed by atoms with Crippen LogP contribution in [-0.4, -0.2) is 30.2 Å². The fourth-order valence-corrected chi connectivity index (χ4v) is 2.69. The topological polar surface area (TPSA) is 60.3 Å². The molecular formula is C17H19F3N2O3. The van der Waals surface area contributed by atoms with Crippen LogP contribution in [0, 0.1) is 6.92 Å². The van der Waals surface area contributed by atoms with Gasteiger partial charge < -0.3 is 14.6 Å². The number of pyridine rings is 1. The third kappa shape index (κ3) is 4.39. The summed E-state index contributed by atoms with van der Waals surface area (Å²) in [6.45, 7) is 3.03. The van der Waals surface area contributed by atoms with E-state index in [1.807, 2.05) is 0 Å². The number of hydrogen-bond acceptors (Lipinski definition) is 3. The number of fused-ring (bicyclic) bond motifs is 1. The van der Waals surface area contributed by atoms with Crippen molar-refractivity contribution in [1.29, 1.82) is 0 Å². The smallest absolute Gasteiger partial charge is 0.375 e. The highest BCUT2D eigenvalue weighted by molar-refractivity contribution is 5.80. The summed E-state index contributed by atoms with van der Waals surface area (Å²) in [5.41, 5.74) is -0.768. The number of alkyl halides is 3. The lowest BCUT2D eigenvalue weighted by atomic mass is 10.1. The Labute approximate surface area is 142 Å². The van der Waals surface area contributed by atoms with E-state index in [1.165, 1.54) is 13.2 Å². The molecule has 8 heteroatoms. The van der Waals surface area contributed by atoms with E-state index < -0.39 is 29.2 Å². The number of benzene rings is 1. The van der Waals surface area contributed by atoms with Crippen molar-refractivity contribution in [3.05, 3.63) is 45.7 Å². The SMILES string of the molecule is COCC(=O)N[C@@H](C)Cn1c(C(F)(F)F)cc(=O)c2cc(C)ccc21. The van der Waals surface area contributed by atoms with Crippen molar-refractivity contribution < 1.29 is 22.7 Å². The van der Waals surface area contributed by atoms with Gasteiger partial charge in [-0.2, -0.15) is 13.2 Å². The molecule has 5 nitrogen and oxygen atoms in total. The summed E-state index contributed by atoms with van der Waals surface area (Å²) in [7, 11) is 1.35. The molecule has 136 valence electrons. The number of rotatable bonds is 5. The first-order chi connectivity index (χ1) is 11.6. The fourth-order valence-electron chi connectivity index (χ4n) is 2.69. The van der Waals surface area contributed by atoms with E-state index in [-0.39, 0.29) is 24.1 Å². The molecule has 0 aliphatic heterocycles. The van der Waals surface area contributed by atoms with Crippen LogP contribution >= 0.6 is 0 Å². The molecule has 0 fully saturated rings. The van der Waals surface area contributed by atoms with Gasteiger partial charge in [0.15, 0.2) is 5.43 Å². The molecular weight excluding hydrogens is 337 g/mol. The molecule has 0 aliphatic rings. The molecule has 1 aromatic carbocycles. The highest BCUT2D eigenvalue weighted by atomic mass is 19.4. The highest BCUT2D eigenvalue weighted by Crippen LogP contribution is 2.30. The van der Waals surface area contributed by atoms with Crippen LogP contribution in [0.4, 0.5) is 13.2 Å². The van der Waals surface area contributed by atoms with Gasteiger partial charge in [-0.25, -0.2) is 0 Å². The quantitative estimate of drug-likeness (QED) is 0.895. The molecule has 1 heterocycles. The van der Waals surface area contributed by atoms with Crippen LogP contribution in [0.2, 0.25) is 0 Å². The molecule has 1 amide bonds. The van der Waals surface area contributed by atoms with Gasteiger partial charge in [-0.05, 0) is 26.0 Å². The number of amides is 1. The van der Waals surface area contributed by atoms with Gasteiger partial charge in [0.25, 0.3) is 0 Å². The number of nitrogens with zero attached hydrogens (tertiary/aromatic N) is 1. The van der Waals surface area contributed by atoms with Crippen LogP contribution in [0.3, 0.4) is 0 Å². The molecule has 1 atom stereocenters. The van der Waals surface area contributed by atoms with Crippen molar-refractivity contribution in [2.24, 2.45) is 0 Å². The molecule has 1 aromatic heterocycles. The predicted octanol–water partition coefficient (Wildman–Crippen LogP) is 2.48. The molecule has 0 bridgehead atoms. The van der Waals surface area contributed by atoms with E-state index in [1.54, 1.807) is 26.0 Å². The van der Waals surface area contributed by atoms with Crippen LogP contribution in [0.1, 0.15) is 18.2 Å². The minimum atomic E-state index is -4.69. The zero-order chi connectivity index (χ0) is 18.8. The molecule has 0 saturated heterocycles. The van der Waals surface area contributed by atoms with Crippen molar-refractivity contribution in [2.45, 2.75) is 32.6 Å². The van der Waals surface area contributed by atoms with Gasteiger partial charge in [0.05, 0.1) is 5.52 Å². The summed E-state index contributed by atoms with van der Waals surface area (Å²) < 4.78 is 45.9. The summed E-state index contributed by atoms with van der Waals surface area (Å²) in [5.74, 6) is -0.426. The zero-order valence-corrected chi connectivity index (χ0v) is 14.1. The number of nitrogens with one attached hydrogen (secondary N) is 1. The number of carbonyl (C=O) groups excluding carboxylic acids is 1. The summed E-state index contributed by atoms with van der Waals surface area (Å²) in [4.78, 5) is 23.7. The van der Waals surface area contributed by atoms with Gasteiger partial charge in [-0.1, -0.05) is 11.6 Å². The van der Waals surface area contributed by atoms with E-state index in [0.717, 1.165) is 10.1 Å². The first-order valence-electron chi connectivity index (χ1n) is 7.63. The van der Waals surface area contributed by atoms with Gasteiger partial charge in [0.2, 0.25) is 5.91 Å². The Hall–Kier alpha value is -2.35. The first kappa shape index (κ1) is 19.0. The summed E-state index contributed by atoms with van der Waals surface area (Å²) in [6.07, 6.45) is -4.69. The molecule has 2 aromatic rings. The lowest BCUT2D eigenvalue weighted by molar-refractivity contribution is -0.143. The number of aryl methyl sites for hydroxylation is 1. The second-order valence-corrected chi connectivity index (χ2v) is 5.92. The lowest BCUT2D eigenvalue weighted by Crippen LogP contribution is -2.39. The Kier molecular flexibility index (Phi) is 5.52. The van der Waals surface area contributed by atoms with Crippen molar-refractivity contribution in [1.82, 2.24) is 9.88 Å². The first-order valence-corrected chi connectivity index (χ1v) is 7.63. The van der Waals surface area contributed by atoms with Crippen LogP contribution in [-0.2, 0) is 22.3 Å². The van der Waals surface area contributed by atoms with E-state index in [9.17, 15) is 22.8 Å². The Morgan fingerprint density at radius 2 is 2.00 bits per heavy atom. The maximum Gasteiger partial charge on any atom is 0.431 e. The van der Waals surface area contributed by atoms with Crippen molar-refractivity contribution in [3.8, 4) is 0 Å². The summed E-state index contributed by atoms with van der Waals surface area (Å²) in [6, 6.07) is 4.71. The highest BCUT2D eigenvalue weighted by Gasteiger charge is 2.35. The standard InChI is InChI=1S/C17H19F3N2O3/c1-10-4-5-13-12(6-10)14(23)7-15(17(18,19)20)22(13)8-11(2)21-16(24)9-25-3/h4-7,11H,8-9H2,1-3H3,(H,21,24)/t11-/m0/s1. The van der Waals surface area contributed by atoms with Crippen LogP contribution < -0.4 is 10.7 Å². The van der Waals surface area contributed by atoms with E-state index in [4.69, 9.17) is 4.74 Å². The normalized spacial score (nSPS) is 13.0. The molecule has 0 aliphatic carbocycles. The van der Waals surface area contributed by atoms with Crippen molar-refractivity contribution in [2.75, 3.05) is 13.7 Å². The maximum absolute atomic E-state index is 13.4. The van der Waals surface area contributed by atoms with Crippen molar-refractivity contribution in [3.63, 3.8) is 0 Å². The van der Waals surface area contributed by atoms with Gasteiger partial charge in [-0.15, -0.1) is 0 Å². The van der Waals surface area contributed by atoms with Gasteiger partial charge in [0, 0.05) is 31.1 Å². The average Bonchev–Trinajstić information content (AvgIpc) is 2.49. The largest absolute Gasteiger partial charge is 0.431 e. The minimum Gasteiger partial charge on any atom is -0.375 e. The Morgan fingerprint density at radius 3 is 2.60 bits per heavy atom. The lowest BCUT2D eigenvalue weighted by Gasteiger charge is -2.22. The minimum absolute atomic E-state index is 0.135. The number of ether oxygens (including phenoxy) is 1. The third-order valence-corrected chi connectivity index (χ3v) is 3.70. The number of halogens is 3. The van der Waals surface area contributed by atoms with E-state index in [2.05, 4.69) is 5.32 Å². The Bertz CT molecular complexity index is 843. The summed E-state index contributed by atoms with van der Waals surface area (Å²) >= 11 is 0. The maximum atomic E-state index is 13.4. The van der Waals surface area contributed by atoms with Crippen LogP contribution in [0.15, 0.2) is 29.1 Å². The second-order valence-electron chi connectivity index (χ2n) is 5.92. The monoisotopic (exact) mass is 356 g/mol. The van der Waals surface area contributed by atoms with Crippen LogP contribution in [0.5, 0.6) is 0 Å². The molecule has 0 radical (unpaired) electrons. The molecule has 0 saturated carbocycles. The third-order valence-electron chi connectivity index (χ3n) is 3.70. The molecule has 2 rings (SSSR count). The molecule has 25 heavy (non-hydrogen) atoms. The molecule has 1 N–H and O–H groups in total. The van der Waals surface area contributed by atoms with Gasteiger partial charge in [0.1, 0.15) is 12.3 Å². The van der Waals surface area contributed by atoms with E-state index in [0.29, 0.717) is 6.07 Å². The number of carbonyl (C=O) groups is 1. The number of aromatic nitrogens is 1. The average molecular weight is 356 g/mol. The second kappa shape index (κ2) is 7.26. The van der Waals surface area contributed by atoms with Crippen LogP contribution in [0.25, 0.3) is 10.9 Å². The van der Waals surface area contributed by atoms with Gasteiger partial charge >= 0.3 is 6.18 Å². The predicted molar refractivity (Wildman–Crippen MR) is 87.4 cm³/mol. The van der Waals surface area contributed by atoms with Crippen molar-refractivity contribution >= 4 is 16.8 Å².